The Bertz CT molecular complexity index is 1140. The Labute approximate surface area is 234 Å². The molecule has 0 aromatic heterocycles. The second-order valence-corrected chi connectivity index (χ2v) is 14.0. The van der Waals surface area contributed by atoms with Gasteiger partial charge in [-0.05, 0) is 110 Å². The summed E-state index contributed by atoms with van der Waals surface area (Å²) in [5, 5.41) is 10.9. The number of ether oxygens (including phenoxy) is 1. The normalized spacial score (nSPS) is 36.6. The number of esters is 1. The number of carbonyl (C=O) groups excluding carboxylic acids is 1. The molecule has 0 heterocycles. The largest absolute Gasteiger partial charge is 0.458 e. The van der Waals surface area contributed by atoms with Crippen molar-refractivity contribution in [3.63, 3.8) is 0 Å². The van der Waals surface area contributed by atoms with E-state index in [4.69, 9.17) is 4.74 Å². The van der Waals surface area contributed by atoms with Crippen molar-refractivity contribution in [3.05, 3.63) is 63.7 Å². The third kappa shape index (κ3) is 5.23. The first-order valence-corrected chi connectivity index (χ1v) is 15.3. The summed E-state index contributed by atoms with van der Waals surface area (Å²) >= 11 is 0. The molecule has 5 nitrogen and oxygen atoms in total. The van der Waals surface area contributed by atoms with Crippen molar-refractivity contribution < 1.29 is 14.5 Å². The van der Waals surface area contributed by atoms with Crippen LogP contribution >= 0.6 is 0 Å². The van der Waals surface area contributed by atoms with Crippen LogP contribution in [0.1, 0.15) is 103 Å². The van der Waals surface area contributed by atoms with E-state index in [1.807, 2.05) is 0 Å². The molecule has 0 radical (unpaired) electrons. The molecule has 4 aliphatic carbocycles. The molecule has 0 spiro atoms. The minimum atomic E-state index is -0.453. The molecular weight excluding hydrogens is 486 g/mol. The maximum atomic E-state index is 12.8. The zero-order chi connectivity index (χ0) is 27.9. The van der Waals surface area contributed by atoms with Crippen molar-refractivity contribution in [1.29, 1.82) is 0 Å². The molecule has 1 aromatic rings. The highest BCUT2D eigenvalue weighted by molar-refractivity contribution is 5.89. The molecule has 5 rings (SSSR count). The standard InChI is InChI=1S/C34H47NO4/c1-22(2)7-6-8-23(3)29-15-16-30-28-14-11-25-21-27(17-19-33(25,4)31(28)18-20-34(29,30)5)39-32(36)24-9-12-26(13-10-24)35(37)38/h6,8-13,22-23,27-31H,7,14-21H2,1-5H3/b8-6+. The molecule has 1 aromatic carbocycles. The quantitative estimate of drug-likeness (QED) is 0.152. The number of benzene rings is 1. The van der Waals surface area contributed by atoms with E-state index in [-0.39, 0.29) is 23.2 Å². The van der Waals surface area contributed by atoms with Gasteiger partial charge < -0.3 is 4.74 Å². The fourth-order valence-electron chi connectivity index (χ4n) is 9.27. The molecule has 4 aliphatic rings. The van der Waals surface area contributed by atoms with Gasteiger partial charge in [0.25, 0.3) is 5.69 Å². The number of carbonyl (C=O) groups is 1. The molecule has 0 saturated heterocycles. The number of rotatable bonds is 7. The maximum absolute atomic E-state index is 12.8. The van der Waals surface area contributed by atoms with Gasteiger partial charge in [0.15, 0.2) is 0 Å². The summed E-state index contributed by atoms with van der Waals surface area (Å²) in [6.45, 7) is 12.2. The number of nitro groups is 1. The zero-order valence-corrected chi connectivity index (χ0v) is 24.5. The molecule has 0 aliphatic heterocycles. The Hall–Kier alpha value is -2.43. The van der Waals surface area contributed by atoms with Crippen LogP contribution in [0, 0.1) is 56.5 Å². The van der Waals surface area contributed by atoms with Crippen molar-refractivity contribution in [3.8, 4) is 0 Å². The van der Waals surface area contributed by atoms with Gasteiger partial charge in [0.1, 0.15) is 6.10 Å². The van der Waals surface area contributed by atoms with Gasteiger partial charge in [-0.15, -0.1) is 0 Å². The number of non-ortho nitro benzene ring substituents is 1. The fourth-order valence-corrected chi connectivity index (χ4v) is 9.27. The summed E-state index contributed by atoms with van der Waals surface area (Å²) in [4.78, 5) is 23.3. The van der Waals surface area contributed by atoms with Gasteiger partial charge in [0, 0.05) is 18.6 Å². The van der Waals surface area contributed by atoms with Gasteiger partial charge >= 0.3 is 5.97 Å². The first-order chi connectivity index (χ1) is 18.5. The van der Waals surface area contributed by atoms with E-state index in [2.05, 4.69) is 52.8 Å². The molecule has 5 heteroatoms. The monoisotopic (exact) mass is 533 g/mol. The number of hydrogen-bond acceptors (Lipinski definition) is 4. The minimum Gasteiger partial charge on any atom is -0.458 e. The molecule has 3 fully saturated rings. The molecule has 0 amide bonds. The highest BCUT2D eigenvalue weighted by Gasteiger charge is 2.59. The summed E-state index contributed by atoms with van der Waals surface area (Å²) in [6, 6.07) is 5.72. The lowest BCUT2D eigenvalue weighted by Gasteiger charge is -2.58. The Morgan fingerprint density at radius 2 is 1.82 bits per heavy atom. The Kier molecular flexibility index (Phi) is 7.83. The lowest BCUT2D eigenvalue weighted by Crippen LogP contribution is -2.51. The molecule has 0 N–H and O–H groups in total. The van der Waals surface area contributed by atoms with E-state index in [0.29, 0.717) is 16.9 Å². The van der Waals surface area contributed by atoms with E-state index in [9.17, 15) is 14.9 Å². The predicted octanol–water partition coefficient (Wildman–Crippen LogP) is 8.94. The van der Waals surface area contributed by atoms with Crippen LogP contribution in [0.5, 0.6) is 0 Å². The van der Waals surface area contributed by atoms with E-state index >= 15 is 0 Å². The van der Waals surface area contributed by atoms with Crippen molar-refractivity contribution >= 4 is 11.7 Å². The topological polar surface area (TPSA) is 69.4 Å². The highest BCUT2D eigenvalue weighted by atomic mass is 16.6. The second kappa shape index (κ2) is 10.9. The smallest absolute Gasteiger partial charge is 0.338 e. The van der Waals surface area contributed by atoms with Gasteiger partial charge in [0.2, 0.25) is 0 Å². The minimum absolute atomic E-state index is 0.0175. The molecule has 39 heavy (non-hydrogen) atoms. The average Bonchev–Trinajstić information content (AvgIpc) is 3.26. The van der Waals surface area contributed by atoms with Gasteiger partial charge in [-0.1, -0.05) is 58.4 Å². The van der Waals surface area contributed by atoms with Crippen LogP contribution in [0.4, 0.5) is 5.69 Å². The number of hydrogen-bond donors (Lipinski definition) is 0. The van der Waals surface area contributed by atoms with Crippen LogP contribution in [0.2, 0.25) is 0 Å². The molecular formula is C34H47NO4. The SMILES string of the molecule is CC(C)C/C=C/C(C)C1CCC2C3CC=C4CC(OC(=O)c5ccc([N+](=O)[O-])cc5)CCC4(C)C3CCC12C. The number of nitrogens with zero attached hydrogens (tertiary/aromatic N) is 1. The van der Waals surface area contributed by atoms with Crippen LogP contribution in [-0.4, -0.2) is 17.0 Å². The first kappa shape index (κ1) is 28.1. The van der Waals surface area contributed by atoms with Gasteiger partial charge in [-0.3, -0.25) is 10.1 Å². The maximum Gasteiger partial charge on any atom is 0.338 e. The van der Waals surface area contributed by atoms with E-state index < -0.39 is 4.92 Å². The summed E-state index contributed by atoms with van der Waals surface area (Å²) < 4.78 is 5.92. The third-order valence-corrected chi connectivity index (χ3v) is 11.4. The second-order valence-electron chi connectivity index (χ2n) is 14.0. The van der Waals surface area contributed by atoms with Crippen molar-refractivity contribution in [2.45, 2.75) is 98.5 Å². The van der Waals surface area contributed by atoms with Gasteiger partial charge in [-0.25, -0.2) is 4.79 Å². The summed E-state index contributed by atoms with van der Waals surface area (Å²) in [5.74, 6) is 4.10. The number of nitro benzene ring substituents is 1. The van der Waals surface area contributed by atoms with Crippen molar-refractivity contribution in [2.24, 2.45) is 46.3 Å². The highest BCUT2D eigenvalue weighted by Crippen LogP contribution is 2.67. The molecule has 212 valence electrons. The Morgan fingerprint density at radius 3 is 2.51 bits per heavy atom. The molecule has 8 atom stereocenters. The molecule has 3 saturated carbocycles. The average molecular weight is 534 g/mol. The predicted molar refractivity (Wildman–Crippen MR) is 155 cm³/mol. The third-order valence-electron chi connectivity index (χ3n) is 11.4. The summed E-state index contributed by atoms with van der Waals surface area (Å²) in [6.07, 6.45) is 17.9. The lowest BCUT2D eigenvalue weighted by molar-refractivity contribution is -0.384. The van der Waals surface area contributed by atoms with Crippen molar-refractivity contribution in [1.82, 2.24) is 0 Å². The fraction of sp³-hybridized carbons (Fsp3) is 0.676. The summed E-state index contributed by atoms with van der Waals surface area (Å²) in [5.41, 5.74) is 2.52. The molecule has 0 bridgehead atoms. The molecule has 8 unspecified atom stereocenters. The Balaban J connectivity index is 1.25. The van der Waals surface area contributed by atoms with Gasteiger partial charge in [0.05, 0.1) is 10.5 Å². The van der Waals surface area contributed by atoms with E-state index in [1.54, 1.807) is 0 Å². The van der Waals surface area contributed by atoms with Crippen LogP contribution in [0.15, 0.2) is 48.1 Å². The van der Waals surface area contributed by atoms with E-state index in [1.165, 1.54) is 68.4 Å². The summed E-state index contributed by atoms with van der Waals surface area (Å²) in [7, 11) is 0. The van der Waals surface area contributed by atoms with Crippen LogP contribution < -0.4 is 0 Å². The zero-order valence-electron chi connectivity index (χ0n) is 24.5. The number of fused-ring (bicyclic) bond motifs is 5. The lowest BCUT2D eigenvalue weighted by atomic mass is 9.47. The van der Waals surface area contributed by atoms with Crippen molar-refractivity contribution in [2.75, 3.05) is 0 Å². The Morgan fingerprint density at radius 1 is 1.08 bits per heavy atom. The first-order valence-electron chi connectivity index (χ1n) is 15.3. The van der Waals surface area contributed by atoms with Crippen LogP contribution in [-0.2, 0) is 4.74 Å². The van der Waals surface area contributed by atoms with E-state index in [0.717, 1.165) is 48.9 Å². The van der Waals surface area contributed by atoms with Crippen LogP contribution in [0.3, 0.4) is 0 Å². The van der Waals surface area contributed by atoms with Crippen LogP contribution in [0.25, 0.3) is 0 Å². The number of allylic oxidation sites excluding steroid dienone is 3. The van der Waals surface area contributed by atoms with Gasteiger partial charge in [-0.2, -0.15) is 0 Å².